The third-order valence-electron chi connectivity index (χ3n) is 3.70. The molecule has 0 atom stereocenters. The Hall–Kier alpha value is -2.31. The molecule has 0 fully saturated rings. The fourth-order valence-electron chi connectivity index (χ4n) is 2.47. The smallest absolute Gasteiger partial charge is 0.280 e. The Labute approximate surface area is 158 Å². The molecule has 2 aromatic carbocycles. The number of aromatic hydroxyl groups is 1. The van der Waals surface area contributed by atoms with E-state index in [1.165, 1.54) is 12.1 Å². The number of carbonyl (C=O) groups is 1. The minimum atomic E-state index is -0.247. The van der Waals surface area contributed by atoms with Gasteiger partial charge < -0.3 is 9.84 Å². The predicted octanol–water partition coefficient (Wildman–Crippen LogP) is 4.62. The second kappa shape index (κ2) is 6.90. The van der Waals surface area contributed by atoms with Crippen molar-refractivity contribution in [3.8, 4) is 11.5 Å². The van der Waals surface area contributed by atoms with Crippen LogP contribution in [0.1, 0.15) is 12.5 Å². The fraction of sp³-hybridized carbons (Fsp3) is 0.111. The summed E-state index contributed by atoms with van der Waals surface area (Å²) < 4.78 is 5.62. The number of hydrogen-bond acceptors (Lipinski definition) is 4. The highest BCUT2D eigenvalue weighted by molar-refractivity contribution is 9.10. The van der Waals surface area contributed by atoms with Gasteiger partial charge in [-0.3, -0.25) is 4.79 Å². The highest BCUT2D eigenvalue weighted by Gasteiger charge is 2.29. The standard InChI is InChI=1S/C18H14BrClN2O3/c1-10-14(6-11-7-15(19)17(23)16(8-11)25-2)18(24)22(21-10)13-5-3-4-12(20)9-13/h3-9,23H,1-2H3/b14-6-. The van der Waals surface area contributed by atoms with Gasteiger partial charge in [0.2, 0.25) is 0 Å². The van der Waals surface area contributed by atoms with E-state index < -0.39 is 0 Å². The van der Waals surface area contributed by atoms with Crippen LogP contribution in [0.3, 0.4) is 0 Å². The lowest BCUT2D eigenvalue weighted by atomic mass is 10.1. The van der Waals surface area contributed by atoms with Crippen molar-refractivity contribution in [2.75, 3.05) is 12.1 Å². The van der Waals surface area contributed by atoms with Gasteiger partial charge in [-0.25, -0.2) is 0 Å². The number of rotatable bonds is 3. The highest BCUT2D eigenvalue weighted by Crippen LogP contribution is 2.36. The van der Waals surface area contributed by atoms with E-state index >= 15 is 0 Å². The molecule has 0 unspecified atom stereocenters. The molecular formula is C18H14BrClN2O3. The topological polar surface area (TPSA) is 62.1 Å². The number of amides is 1. The van der Waals surface area contributed by atoms with Gasteiger partial charge in [0.15, 0.2) is 11.5 Å². The SMILES string of the molecule is COc1cc(/C=C2\C(=O)N(c3cccc(Cl)c3)N=C2C)cc(Br)c1O. The normalized spacial score (nSPS) is 15.7. The van der Waals surface area contributed by atoms with E-state index in [2.05, 4.69) is 21.0 Å². The third-order valence-corrected chi connectivity index (χ3v) is 4.54. The summed E-state index contributed by atoms with van der Waals surface area (Å²) in [5, 5.41) is 16.1. The molecule has 25 heavy (non-hydrogen) atoms. The lowest BCUT2D eigenvalue weighted by Crippen LogP contribution is -2.21. The van der Waals surface area contributed by atoms with Crippen LogP contribution in [0.4, 0.5) is 5.69 Å². The molecule has 1 amide bonds. The summed E-state index contributed by atoms with van der Waals surface area (Å²) in [5.41, 5.74) is 2.35. The molecule has 2 aromatic rings. The van der Waals surface area contributed by atoms with Crippen LogP contribution in [0.2, 0.25) is 5.02 Å². The Morgan fingerprint density at radius 1 is 1.32 bits per heavy atom. The largest absolute Gasteiger partial charge is 0.503 e. The van der Waals surface area contributed by atoms with E-state index in [9.17, 15) is 9.90 Å². The van der Waals surface area contributed by atoms with Crippen molar-refractivity contribution in [3.05, 3.63) is 57.0 Å². The molecule has 0 spiro atoms. The van der Waals surface area contributed by atoms with Crippen LogP contribution in [0.5, 0.6) is 11.5 Å². The van der Waals surface area contributed by atoms with Crippen molar-refractivity contribution in [2.45, 2.75) is 6.92 Å². The molecule has 0 bridgehead atoms. The first-order valence-corrected chi connectivity index (χ1v) is 8.51. The van der Waals surface area contributed by atoms with E-state index in [0.717, 1.165) is 0 Å². The van der Waals surface area contributed by atoms with Crippen LogP contribution in [0.25, 0.3) is 6.08 Å². The molecule has 0 aliphatic carbocycles. The number of benzene rings is 2. The van der Waals surface area contributed by atoms with Crippen molar-refractivity contribution >= 4 is 50.9 Å². The Morgan fingerprint density at radius 3 is 2.76 bits per heavy atom. The van der Waals surface area contributed by atoms with E-state index in [4.69, 9.17) is 16.3 Å². The average molecular weight is 422 g/mol. The Morgan fingerprint density at radius 2 is 2.08 bits per heavy atom. The van der Waals surface area contributed by atoms with E-state index in [1.807, 2.05) is 0 Å². The Bertz CT molecular complexity index is 925. The lowest BCUT2D eigenvalue weighted by molar-refractivity contribution is -0.114. The van der Waals surface area contributed by atoms with Crippen LogP contribution in [0, 0.1) is 0 Å². The number of carbonyl (C=O) groups excluding carboxylic acids is 1. The molecule has 3 rings (SSSR count). The second-order valence-corrected chi connectivity index (χ2v) is 6.68. The second-order valence-electron chi connectivity index (χ2n) is 5.39. The summed E-state index contributed by atoms with van der Waals surface area (Å²) in [6.07, 6.45) is 1.71. The van der Waals surface area contributed by atoms with Gasteiger partial charge in [0.05, 0.1) is 28.6 Å². The van der Waals surface area contributed by atoms with Gasteiger partial charge in [0.1, 0.15) is 0 Å². The monoisotopic (exact) mass is 420 g/mol. The molecule has 0 saturated heterocycles. The number of halogens is 2. The van der Waals surface area contributed by atoms with Crippen LogP contribution in [0.15, 0.2) is 51.5 Å². The summed E-state index contributed by atoms with van der Waals surface area (Å²) in [6, 6.07) is 10.3. The zero-order chi connectivity index (χ0) is 18.1. The zero-order valence-electron chi connectivity index (χ0n) is 13.5. The highest BCUT2D eigenvalue weighted by atomic mass is 79.9. The first-order valence-electron chi connectivity index (χ1n) is 7.34. The van der Waals surface area contributed by atoms with Crippen molar-refractivity contribution in [1.82, 2.24) is 0 Å². The maximum atomic E-state index is 12.7. The van der Waals surface area contributed by atoms with Gasteiger partial charge in [-0.2, -0.15) is 10.1 Å². The molecular weight excluding hydrogens is 408 g/mol. The third kappa shape index (κ3) is 3.41. The predicted molar refractivity (Wildman–Crippen MR) is 102 cm³/mol. The Balaban J connectivity index is 1.99. The van der Waals surface area contributed by atoms with Crippen LogP contribution < -0.4 is 9.75 Å². The van der Waals surface area contributed by atoms with Gasteiger partial charge in [-0.15, -0.1) is 0 Å². The number of phenols is 1. The number of hydrazone groups is 1. The molecule has 1 aliphatic rings. The minimum Gasteiger partial charge on any atom is -0.503 e. The van der Waals surface area contributed by atoms with E-state index in [0.29, 0.717) is 37.8 Å². The molecule has 0 radical (unpaired) electrons. The summed E-state index contributed by atoms with van der Waals surface area (Å²) in [7, 11) is 1.47. The fourth-order valence-corrected chi connectivity index (χ4v) is 3.11. The molecule has 7 heteroatoms. The molecule has 1 heterocycles. The molecule has 1 N–H and O–H groups in total. The number of nitrogens with zero attached hydrogens (tertiary/aromatic N) is 2. The number of phenolic OH excluding ortho intramolecular Hbond substituents is 1. The first-order chi connectivity index (χ1) is 11.9. The van der Waals surface area contributed by atoms with Crippen LogP contribution in [-0.4, -0.2) is 23.8 Å². The van der Waals surface area contributed by atoms with Crippen LogP contribution in [-0.2, 0) is 4.79 Å². The first kappa shape index (κ1) is 17.5. The maximum Gasteiger partial charge on any atom is 0.280 e. The molecule has 128 valence electrons. The molecule has 0 aromatic heterocycles. The van der Waals surface area contributed by atoms with Gasteiger partial charge in [-0.05, 0) is 64.8 Å². The van der Waals surface area contributed by atoms with Crippen molar-refractivity contribution in [1.29, 1.82) is 0 Å². The number of anilines is 1. The Kier molecular flexibility index (Phi) is 4.83. The van der Waals surface area contributed by atoms with Gasteiger partial charge in [-0.1, -0.05) is 17.7 Å². The van der Waals surface area contributed by atoms with E-state index in [1.54, 1.807) is 49.4 Å². The summed E-state index contributed by atoms with van der Waals surface area (Å²) in [6.45, 7) is 1.76. The van der Waals surface area contributed by atoms with Crippen molar-refractivity contribution in [3.63, 3.8) is 0 Å². The van der Waals surface area contributed by atoms with Gasteiger partial charge >= 0.3 is 0 Å². The van der Waals surface area contributed by atoms with Crippen LogP contribution >= 0.6 is 27.5 Å². The van der Waals surface area contributed by atoms with E-state index in [-0.39, 0.29) is 11.7 Å². The zero-order valence-corrected chi connectivity index (χ0v) is 15.8. The summed E-state index contributed by atoms with van der Waals surface area (Å²) in [4.78, 5) is 12.7. The number of ether oxygens (including phenoxy) is 1. The number of hydrogen-bond donors (Lipinski definition) is 1. The number of methoxy groups -OCH3 is 1. The molecule has 0 saturated carbocycles. The summed E-state index contributed by atoms with van der Waals surface area (Å²) >= 11 is 9.27. The minimum absolute atomic E-state index is 0.00772. The molecule has 5 nitrogen and oxygen atoms in total. The van der Waals surface area contributed by atoms with Gasteiger partial charge in [0.25, 0.3) is 5.91 Å². The lowest BCUT2D eigenvalue weighted by Gasteiger charge is -2.12. The molecule has 1 aliphatic heterocycles. The quantitative estimate of drug-likeness (QED) is 0.735. The van der Waals surface area contributed by atoms with Crippen molar-refractivity contribution in [2.24, 2.45) is 5.10 Å². The van der Waals surface area contributed by atoms with Crippen molar-refractivity contribution < 1.29 is 14.6 Å². The average Bonchev–Trinajstić information content (AvgIpc) is 2.86. The maximum absolute atomic E-state index is 12.7. The van der Waals surface area contributed by atoms with Gasteiger partial charge in [0, 0.05) is 5.02 Å². The summed E-state index contributed by atoms with van der Waals surface area (Å²) in [5.74, 6) is 0.0734.